The second-order valence-electron chi connectivity index (χ2n) is 11.4. The summed E-state index contributed by atoms with van der Waals surface area (Å²) < 4.78 is 2.61. The highest BCUT2D eigenvalue weighted by atomic mass is 32.1. The van der Waals surface area contributed by atoms with E-state index in [1.807, 2.05) is 11.3 Å². The smallest absolute Gasteiger partial charge is 0.0640 e. The van der Waals surface area contributed by atoms with Crippen LogP contribution in [0.15, 0.2) is 164 Å². The topological polar surface area (TPSA) is 3.24 Å². The standard InChI is InChI=1S/C42H27NS/c1-2-14-32(15-3-1)43(40-20-10-19-37-39-25-29-11-4-5-12-30(29)27-41(39)44-42(37)40)33-23-21-28(22-24-33)38-26-31-13-6-7-16-34(31)35-17-8-9-18-36(35)38/h1-27H. The maximum Gasteiger partial charge on any atom is 0.0640 e. The molecule has 1 aromatic heterocycles. The molecular formula is C42H27NS. The number of benzene rings is 8. The highest BCUT2D eigenvalue weighted by molar-refractivity contribution is 7.26. The molecule has 0 aliphatic heterocycles. The monoisotopic (exact) mass is 577 g/mol. The average Bonchev–Trinajstić information content (AvgIpc) is 3.46. The molecule has 206 valence electrons. The fraction of sp³-hybridized carbons (Fsp3) is 0. The molecule has 0 amide bonds. The highest BCUT2D eigenvalue weighted by Gasteiger charge is 2.18. The van der Waals surface area contributed by atoms with E-state index in [-0.39, 0.29) is 0 Å². The molecule has 0 aliphatic rings. The first-order chi connectivity index (χ1) is 21.8. The summed E-state index contributed by atoms with van der Waals surface area (Å²) in [6, 6.07) is 59.7. The Bertz CT molecular complexity index is 2490. The van der Waals surface area contributed by atoms with Crippen LogP contribution in [-0.4, -0.2) is 0 Å². The van der Waals surface area contributed by atoms with E-state index in [9.17, 15) is 0 Å². The maximum atomic E-state index is 2.40. The van der Waals surface area contributed by atoms with Gasteiger partial charge in [0.2, 0.25) is 0 Å². The van der Waals surface area contributed by atoms with Crippen LogP contribution in [0, 0.1) is 0 Å². The summed E-state index contributed by atoms with van der Waals surface area (Å²) in [5.74, 6) is 0. The summed E-state index contributed by atoms with van der Waals surface area (Å²) in [7, 11) is 0. The van der Waals surface area contributed by atoms with Gasteiger partial charge in [0, 0.05) is 26.8 Å². The van der Waals surface area contributed by atoms with Crippen molar-refractivity contribution in [2.75, 3.05) is 4.90 Å². The van der Waals surface area contributed by atoms with Gasteiger partial charge in [0.05, 0.1) is 10.4 Å². The van der Waals surface area contributed by atoms with Crippen LogP contribution in [0.4, 0.5) is 17.1 Å². The van der Waals surface area contributed by atoms with Crippen molar-refractivity contribution in [2.45, 2.75) is 0 Å². The summed E-state index contributed by atoms with van der Waals surface area (Å²) in [4.78, 5) is 2.40. The van der Waals surface area contributed by atoms with Crippen LogP contribution in [0.2, 0.25) is 0 Å². The lowest BCUT2D eigenvalue weighted by Crippen LogP contribution is -2.09. The molecule has 0 bridgehead atoms. The number of hydrogen-bond donors (Lipinski definition) is 0. The van der Waals surface area contributed by atoms with E-state index in [4.69, 9.17) is 0 Å². The van der Waals surface area contributed by atoms with Gasteiger partial charge in [-0.1, -0.05) is 115 Å². The third-order valence-corrected chi connectivity index (χ3v) is 10.00. The number of para-hydroxylation sites is 1. The molecule has 1 heterocycles. The van der Waals surface area contributed by atoms with E-state index >= 15 is 0 Å². The van der Waals surface area contributed by atoms with Gasteiger partial charge in [0.15, 0.2) is 0 Å². The van der Waals surface area contributed by atoms with Crippen LogP contribution < -0.4 is 4.90 Å². The largest absolute Gasteiger partial charge is 0.309 e. The van der Waals surface area contributed by atoms with Crippen LogP contribution in [0.3, 0.4) is 0 Å². The van der Waals surface area contributed by atoms with Crippen molar-refractivity contribution < 1.29 is 0 Å². The van der Waals surface area contributed by atoms with E-state index in [1.54, 1.807) is 0 Å². The van der Waals surface area contributed by atoms with Gasteiger partial charge in [0.1, 0.15) is 0 Å². The maximum absolute atomic E-state index is 2.40. The Kier molecular flexibility index (Phi) is 5.75. The van der Waals surface area contributed by atoms with Crippen molar-refractivity contribution in [2.24, 2.45) is 0 Å². The van der Waals surface area contributed by atoms with Crippen molar-refractivity contribution in [3.63, 3.8) is 0 Å². The van der Waals surface area contributed by atoms with Crippen LogP contribution in [0.1, 0.15) is 0 Å². The molecule has 0 atom stereocenters. The predicted molar refractivity (Wildman–Crippen MR) is 192 cm³/mol. The SMILES string of the molecule is c1ccc(N(c2ccc(-c3cc4ccccc4c4ccccc34)cc2)c2cccc3c2sc2cc4ccccc4cc23)cc1. The van der Waals surface area contributed by atoms with Gasteiger partial charge in [-0.2, -0.15) is 0 Å². The van der Waals surface area contributed by atoms with Gasteiger partial charge in [-0.15, -0.1) is 11.3 Å². The molecule has 8 aromatic carbocycles. The lowest BCUT2D eigenvalue weighted by Gasteiger charge is -2.26. The van der Waals surface area contributed by atoms with Crippen molar-refractivity contribution in [1.82, 2.24) is 0 Å². The van der Waals surface area contributed by atoms with E-state index < -0.39 is 0 Å². The molecule has 1 nitrogen and oxygen atoms in total. The molecule has 0 radical (unpaired) electrons. The third-order valence-electron chi connectivity index (χ3n) is 8.80. The van der Waals surface area contributed by atoms with Crippen molar-refractivity contribution in [1.29, 1.82) is 0 Å². The molecule has 0 N–H and O–H groups in total. The molecule has 9 aromatic rings. The van der Waals surface area contributed by atoms with Crippen LogP contribution >= 0.6 is 11.3 Å². The molecule has 2 heteroatoms. The summed E-state index contributed by atoms with van der Waals surface area (Å²) in [5.41, 5.74) is 5.96. The number of nitrogens with zero attached hydrogens (tertiary/aromatic N) is 1. The number of hydrogen-bond acceptors (Lipinski definition) is 2. The Morgan fingerprint density at radius 2 is 1.00 bits per heavy atom. The Labute approximate surface area is 259 Å². The fourth-order valence-electron chi connectivity index (χ4n) is 6.73. The van der Waals surface area contributed by atoms with Gasteiger partial charge in [-0.05, 0) is 92.0 Å². The molecule has 0 unspecified atom stereocenters. The van der Waals surface area contributed by atoms with Gasteiger partial charge in [-0.3, -0.25) is 0 Å². The van der Waals surface area contributed by atoms with E-state index in [2.05, 4.69) is 169 Å². The minimum absolute atomic E-state index is 1.14. The van der Waals surface area contributed by atoms with Gasteiger partial charge < -0.3 is 4.90 Å². The van der Waals surface area contributed by atoms with Crippen molar-refractivity contribution >= 4 is 80.9 Å². The molecule has 44 heavy (non-hydrogen) atoms. The molecule has 0 saturated heterocycles. The molecule has 0 spiro atoms. The quantitative estimate of drug-likeness (QED) is 0.188. The summed E-state index contributed by atoms with van der Waals surface area (Å²) in [5, 5.41) is 10.3. The van der Waals surface area contributed by atoms with Gasteiger partial charge in [0.25, 0.3) is 0 Å². The van der Waals surface area contributed by atoms with E-state index in [0.717, 1.165) is 11.4 Å². The zero-order valence-corrected chi connectivity index (χ0v) is 24.8. The molecular weight excluding hydrogens is 551 g/mol. The van der Waals surface area contributed by atoms with Gasteiger partial charge >= 0.3 is 0 Å². The average molecular weight is 578 g/mol. The summed E-state index contributed by atoms with van der Waals surface area (Å²) in [6.07, 6.45) is 0. The van der Waals surface area contributed by atoms with Crippen molar-refractivity contribution in [3.05, 3.63) is 164 Å². The minimum atomic E-state index is 1.14. The zero-order chi connectivity index (χ0) is 29.0. The third kappa shape index (κ3) is 4.00. The summed E-state index contributed by atoms with van der Waals surface area (Å²) in [6.45, 7) is 0. The Hall–Kier alpha value is -5.44. The minimum Gasteiger partial charge on any atom is -0.309 e. The van der Waals surface area contributed by atoms with Crippen LogP contribution in [0.25, 0.3) is 63.6 Å². The number of thiophene rings is 1. The number of rotatable bonds is 4. The first-order valence-electron chi connectivity index (χ1n) is 15.0. The second kappa shape index (κ2) is 10.1. The molecule has 0 fully saturated rings. The first kappa shape index (κ1) is 25.1. The van der Waals surface area contributed by atoms with E-state index in [1.165, 1.54) is 69.3 Å². The lowest BCUT2D eigenvalue weighted by molar-refractivity contribution is 1.30. The Morgan fingerprint density at radius 3 is 1.80 bits per heavy atom. The van der Waals surface area contributed by atoms with Crippen LogP contribution in [-0.2, 0) is 0 Å². The number of fused-ring (bicyclic) bond motifs is 7. The Balaban J connectivity index is 1.22. The zero-order valence-electron chi connectivity index (χ0n) is 23.9. The first-order valence-corrected chi connectivity index (χ1v) is 15.8. The Morgan fingerprint density at radius 1 is 0.386 bits per heavy atom. The summed E-state index contributed by atoms with van der Waals surface area (Å²) >= 11 is 1.88. The van der Waals surface area contributed by atoms with Crippen molar-refractivity contribution in [3.8, 4) is 11.1 Å². The number of anilines is 3. The highest BCUT2D eigenvalue weighted by Crippen LogP contribution is 2.46. The normalized spacial score (nSPS) is 11.6. The second-order valence-corrected chi connectivity index (χ2v) is 12.4. The van der Waals surface area contributed by atoms with E-state index in [0.29, 0.717) is 0 Å². The van der Waals surface area contributed by atoms with Crippen LogP contribution in [0.5, 0.6) is 0 Å². The predicted octanol–water partition coefficient (Wildman–Crippen LogP) is 12.7. The molecule has 0 saturated carbocycles. The molecule has 0 aliphatic carbocycles. The lowest BCUT2D eigenvalue weighted by atomic mass is 9.93. The van der Waals surface area contributed by atoms with Gasteiger partial charge in [-0.25, -0.2) is 0 Å². The fourth-order valence-corrected chi connectivity index (χ4v) is 7.97. The molecule has 9 rings (SSSR count).